The van der Waals surface area contributed by atoms with Gasteiger partial charge in [0.1, 0.15) is 0 Å². The highest BCUT2D eigenvalue weighted by Crippen LogP contribution is 2.47. The molecule has 8 aromatic rings. The number of benzene rings is 8. The van der Waals surface area contributed by atoms with E-state index in [0.29, 0.717) is 0 Å². The normalized spacial score (nSPS) is 11.8. The van der Waals surface area contributed by atoms with Crippen molar-refractivity contribution in [1.82, 2.24) is 0 Å². The van der Waals surface area contributed by atoms with Gasteiger partial charge in [0, 0.05) is 0 Å². The first-order valence-corrected chi connectivity index (χ1v) is 15.8. The molecule has 0 heteroatoms. The van der Waals surface area contributed by atoms with Crippen LogP contribution in [0.5, 0.6) is 0 Å². The summed E-state index contributed by atoms with van der Waals surface area (Å²) >= 11 is 0. The molecule has 0 atom stereocenters. The molecule has 8 aromatic carbocycles. The Hall–Kier alpha value is -5.98. The zero-order chi connectivity index (χ0) is 30.9. The molecule has 0 radical (unpaired) electrons. The van der Waals surface area contributed by atoms with Crippen LogP contribution in [0.1, 0.15) is 5.56 Å². The van der Waals surface area contributed by atoms with Crippen molar-refractivity contribution in [3.8, 4) is 33.4 Å². The van der Waals surface area contributed by atoms with Gasteiger partial charge in [0.2, 0.25) is 0 Å². The summed E-state index contributed by atoms with van der Waals surface area (Å²) < 4.78 is 0. The summed E-state index contributed by atoms with van der Waals surface area (Å²) in [5.74, 6) is 0. The number of fused-ring (bicyclic) bond motifs is 5. The number of hydrogen-bond donors (Lipinski definition) is 0. The standard InChI is InChI=1S/C46H32/c1-2-3-4-6-17-32-28-35(33-18-7-5-8-19-33)30-36(29-32)45-40-24-13-15-26-42(40)46(43-27-16-14-25-41(43)45)44-31-34-20-9-10-21-37(34)38-22-11-12-23-39(38)44/h2-31H,1H2/b4-3-,17-6+. The smallest absolute Gasteiger partial charge is 0.00199 e. The van der Waals surface area contributed by atoms with Gasteiger partial charge < -0.3 is 0 Å². The zero-order valence-corrected chi connectivity index (χ0v) is 25.5. The molecule has 0 amide bonds. The summed E-state index contributed by atoms with van der Waals surface area (Å²) in [6, 6.07) is 55.5. The van der Waals surface area contributed by atoms with E-state index >= 15 is 0 Å². The van der Waals surface area contributed by atoms with Crippen LogP contribution in [-0.2, 0) is 0 Å². The Balaban J connectivity index is 1.47. The molecule has 0 saturated carbocycles. The van der Waals surface area contributed by atoms with E-state index in [1.807, 2.05) is 12.2 Å². The van der Waals surface area contributed by atoms with E-state index in [-0.39, 0.29) is 0 Å². The second kappa shape index (κ2) is 11.8. The summed E-state index contributed by atoms with van der Waals surface area (Å²) in [7, 11) is 0. The quantitative estimate of drug-likeness (QED) is 0.104. The fraction of sp³-hybridized carbons (Fsp3) is 0. The van der Waals surface area contributed by atoms with Gasteiger partial charge in [-0.05, 0) is 106 Å². The Kier molecular flexibility index (Phi) is 7.09. The maximum absolute atomic E-state index is 3.81. The van der Waals surface area contributed by atoms with Crippen molar-refractivity contribution in [1.29, 1.82) is 0 Å². The van der Waals surface area contributed by atoms with Crippen molar-refractivity contribution in [2.24, 2.45) is 0 Å². The highest BCUT2D eigenvalue weighted by molar-refractivity contribution is 6.25. The van der Waals surface area contributed by atoms with E-state index in [0.717, 1.165) is 5.56 Å². The summed E-state index contributed by atoms with van der Waals surface area (Å²) in [6.07, 6.45) is 10.0. The van der Waals surface area contributed by atoms with Crippen LogP contribution in [0.15, 0.2) is 183 Å². The van der Waals surface area contributed by atoms with Crippen molar-refractivity contribution < 1.29 is 0 Å². The SMILES string of the molecule is C=C/C=C\C=C\c1cc(-c2ccccc2)cc(-c2c3ccccc3c(-c3cc4ccccc4c4ccccc34)c3ccccc23)c1. The van der Waals surface area contributed by atoms with Gasteiger partial charge in [-0.3, -0.25) is 0 Å². The van der Waals surface area contributed by atoms with Crippen LogP contribution in [0.4, 0.5) is 0 Å². The van der Waals surface area contributed by atoms with Gasteiger partial charge in [0.25, 0.3) is 0 Å². The number of allylic oxidation sites excluding steroid dienone is 4. The second-order valence-electron chi connectivity index (χ2n) is 11.7. The largest absolute Gasteiger partial charge is 0.0991 e. The van der Waals surface area contributed by atoms with Crippen LogP contribution in [0.3, 0.4) is 0 Å². The van der Waals surface area contributed by atoms with Crippen molar-refractivity contribution in [3.63, 3.8) is 0 Å². The van der Waals surface area contributed by atoms with E-state index in [1.54, 1.807) is 6.08 Å². The molecule has 216 valence electrons. The molecular formula is C46H32. The molecule has 0 aliphatic heterocycles. The van der Waals surface area contributed by atoms with E-state index in [1.165, 1.54) is 76.5 Å². The molecule has 0 fully saturated rings. The fourth-order valence-corrected chi connectivity index (χ4v) is 6.99. The average molecular weight is 585 g/mol. The molecule has 0 unspecified atom stereocenters. The lowest BCUT2D eigenvalue weighted by Gasteiger charge is -2.20. The molecule has 8 rings (SSSR count). The van der Waals surface area contributed by atoms with Crippen LogP contribution < -0.4 is 0 Å². The molecule has 0 spiro atoms. The number of hydrogen-bond acceptors (Lipinski definition) is 0. The maximum Gasteiger partial charge on any atom is -0.00199 e. The lowest BCUT2D eigenvalue weighted by Crippen LogP contribution is -1.93. The van der Waals surface area contributed by atoms with Crippen molar-refractivity contribution in [2.45, 2.75) is 0 Å². The zero-order valence-electron chi connectivity index (χ0n) is 25.5. The molecular weight excluding hydrogens is 553 g/mol. The Morgan fingerprint density at radius 2 is 0.913 bits per heavy atom. The molecule has 0 aliphatic rings. The monoisotopic (exact) mass is 584 g/mol. The molecule has 0 saturated heterocycles. The minimum absolute atomic E-state index is 1.16. The molecule has 46 heavy (non-hydrogen) atoms. The Morgan fingerprint density at radius 1 is 0.370 bits per heavy atom. The van der Waals surface area contributed by atoms with Gasteiger partial charge in [-0.1, -0.05) is 164 Å². The summed E-state index contributed by atoms with van der Waals surface area (Å²) in [6.45, 7) is 3.81. The Labute approximate surface area is 269 Å². The van der Waals surface area contributed by atoms with Gasteiger partial charge in [-0.2, -0.15) is 0 Å². The third-order valence-electron chi connectivity index (χ3n) is 8.97. The first-order chi connectivity index (χ1) is 22.8. The number of rotatable bonds is 6. The molecule has 0 heterocycles. The minimum atomic E-state index is 1.16. The predicted molar refractivity (Wildman–Crippen MR) is 201 cm³/mol. The van der Waals surface area contributed by atoms with Gasteiger partial charge in [-0.15, -0.1) is 0 Å². The molecule has 0 aliphatic carbocycles. The first kappa shape index (κ1) is 27.6. The minimum Gasteiger partial charge on any atom is -0.0991 e. The second-order valence-corrected chi connectivity index (χ2v) is 11.7. The molecule has 0 aromatic heterocycles. The Morgan fingerprint density at radius 3 is 1.59 bits per heavy atom. The predicted octanol–water partition coefficient (Wildman–Crippen LogP) is 13.1. The maximum atomic E-state index is 3.81. The van der Waals surface area contributed by atoms with Gasteiger partial charge in [-0.25, -0.2) is 0 Å². The van der Waals surface area contributed by atoms with Crippen LogP contribution in [0, 0.1) is 0 Å². The highest BCUT2D eigenvalue weighted by Gasteiger charge is 2.19. The van der Waals surface area contributed by atoms with Crippen LogP contribution in [-0.4, -0.2) is 0 Å². The van der Waals surface area contributed by atoms with E-state index < -0.39 is 0 Å². The van der Waals surface area contributed by atoms with E-state index in [4.69, 9.17) is 0 Å². The lowest BCUT2D eigenvalue weighted by molar-refractivity contribution is 1.59. The van der Waals surface area contributed by atoms with Crippen molar-refractivity contribution >= 4 is 49.2 Å². The summed E-state index contributed by atoms with van der Waals surface area (Å²) in [5, 5.41) is 10.1. The highest BCUT2D eigenvalue weighted by atomic mass is 14.2. The van der Waals surface area contributed by atoms with Crippen LogP contribution >= 0.6 is 0 Å². The van der Waals surface area contributed by atoms with Gasteiger partial charge in [0.05, 0.1) is 0 Å². The molecule has 0 N–H and O–H groups in total. The van der Waals surface area contributed by atoms with Crippen LogP contribution in [0.25, 0.3) is 82.5 Å². The van der Waals surface area contributed by atoms with Crippen LogP contribution in [0.2, 0.25) is 0 Å². The Bertz CT molecular complexity index is 2420. The third-order valence-corrected chi connectivity index (χ3v) is 8.97. The first-order valence-electron chi connectivity index (χ1n) is 15.8. The van der Waals surface area contributed by atoms with Gasteiger partial charge >= 0.3 is 0 Å². The summed E-state index contributed by atoms with van der Waals surface area (Å²) in [4.78, 5) is 0. The van der Waals surface area contributed by atoms with Gasteiger partial charge in [0.15, 0.2) is 0 Å². The van der Waals surface area contributed by atoms with Crippen molar-refractivity contribution in [2.75, 3.05) is 0 Å². The topological polar surface area (TPSA) is 0 Å². The van der Waals surface area contributed by atoms with E-state index in [9.17, 15) is 0 Å². The van der Waals surface area contributed by atoms with Crippen molar-refractivity contribution in [3.05, 3.63) is 188 Å². The molecule has 0 nitrogen and oxygen atoms in total. The average Bonchev–Trinajstić information content (AvgIpc) is 3.12. The third kappa shape index (κ3) is 4.82. The van der Waals surface area contributed by atoms with E-state index in [2.05, 4.69) is 170 Å². The molecule has 0 bridgehead atoms. The summed E-state index contributed by atoms with van der Waals surface area (Å²) in [5.41, 5.74) is 8.57. The lowest BCUT2D eigenvalue weighted by atomic mass is 9.83. The fourth-order valence-electron chi connectivity index (χ4n) is 6.99.